The summed E-state index contributed by atoms with van der Waals surface area (Å²) in [6, 6.07) is 0. The maximum Gasteiger partial charge on any atom is 0.222 e. The molecule has 7 heteroatoms. The van der Waals surface area contributed by atoms with E-state index in [1.54, 1.807) is 4.90 Å². The van der Waals surface area contributed by atoms with Gasteiger partial charge >= 0.3 is 0 Å². The second-order valence-corrected chi connectivity index (χ2v) is 5.20. The lowest BCUT2D eigenvalue weighted by Crippen LogP contribution is -2.17. The minimum atomic E-state index is 0.292. The molecule has 1 amide bonds. The van der Waals surface area contributed by atoms with E-state index in [1.807, 2.05) is 7.05 Å². The number of hydrogen-bond acceptors (Lipinski definition) is 4. The molecule has 1 aromatic heterocycles. The first-order valence-corrected chi connectivity index (χ1v) is 5.74. The van der Waals surface area contributed by atoms with E-state index in [2.05, 4.69) is 10.2 Å². The van der Waals surface area contributed by atoms with Gasteiger partial charge in [0, 0.05) is 20.0 Å². The average Bonchev–Trinajstić information content (AvgIpc) is 2.65. The fraction of sp³-hybridized carbons (Fsp3) is 0.571. The lowest BCUT2D eigenvalue weighted by Gasteiger charge is -2.03. The smallest absolute Gasteiger partial charge is 0.222 e. The van der Waals surface area contributed by atoms with Gasteiger partial charge in [0.1, 0.15) is 0 Å². The molecule has 0 spiro atoms. The number of amides is 1. The van der Waals surface area contributed by atoms with Crippen LogP contribution in [0, 0.1) is 7.91 Å². The summed E-state index contributed by atoms with van der Waals surface area (Å²) < 4.78 is 1.40. The zero-order valence-corrected chi connectivity index (χ0v) is 10.2. The lowest BCUT2D eigenvalue weighted by molar-refractivity contribution is -0.126. The van der Waals surface area contributed by atoms with Crippen LogP contribution >= 0.6 is 35.8 Å². The van der Waals surface area contributed by atoms with Gasteiger partial charge in [0.15, 0.2) is 7.91 Å². The molecule has 1 aliphatic rings. The molecule has 14 heavy (non-hydrogen) atoms. The number of aromatic amines is 2. The summed E-state index contributed by atoms with van der Waals surface area (Å²) in [5, 5.41) is 5.34. The van der Waals surface area contributed by atoms with Gasteiger partial charge in [-0.05, 0) is 30.9 Å². The molecule has 1 aromatic rings. The van der Waals surface area contributed by atoms with Gasteiger partial charge in [0.2, 0.25) is 5.91 Å². The molecule has 2 N–H and O–H groups in total. The minimum Gasteiger partial charge on any atom is -0.346 e. The van der Waals surface area contributed by atoms with Crippen molar-refractivity contribution in [1.29, 1.82) is 0 Å². The van der Waals surface area contributed by atoms with Gasteiger partial charge in [-0.1, -0.05) is 11.3 Å². The van der Waals surface area contributed by atoms with Gasteiger partial charge in [-0.15, -0.1) is 0 Å². The van der Waals surface area contributed by atoms with Crippen molar-refractivity contribution >= 4 is 41.7 Å². The third-order valence-electron chi connectivity index (χ3n) is 1.76. The molecule has 0 bridgehead atoms. The van der Waals surface area contributed by atoms with Gasteiger partial charge in [-0.2, -0.15) is 0 Å². The van der Waals surface area contributed by atoms with E-state index >= 15 is 0 Å². The standard InChI is InChI=1S/C5H9NO.C2H2N2S3/c1-6-4-2-3-5(6)7;5-1-3-4-2(6)7-1/h2-4H2,1H3;(H,3,5)(H,4,6). The van der Waals surface area contributed by atoms with Crippen LogP contribution in [0.15, 0.2) is 0 Å². The molecule has 0 radical (unpaired) electrons. The van der Waals surface area contributed by atoms with Gasteiger partial charge in [-0.3, -0.25) is 15.0 Å². The Balaban J connectivity index is 0.000000140. The van der Waals surface area contributed by atoms with E-state index in [9.17, 15) is 4.79 Å². The average molecular weight is 249 g/mol. The number of aromatic nitrogens is 2. The Morgan fingerprint density at radius 3 is 2.07 bits per heavy atom. The molecule has 0 aromatic carbocycles. The summed E-state index contributed by atoms with van der Waals surface area (Å²) in [6.07, 6.45) is 1.81. The topological polar surface area (TPSA) is 51.9 Å². The first-order chi connectivity index (χ1) is 6.59. The summed E-state index contributed by atoms with van der Waals surface area (Å²) in [7, 11) is 1.84. The first-order valence-electron chi connectivity index (χ1n) is 4.11. The van der Waals surface area contributed by atoms with Crippen LogP contribution in [-0.2, 0) is 4.79 Å². The number of hydrogen-bond donors (Lipinski definition) is 2. The zero-order chi connectivity index (χ0) is 10.6. The third-order valence-corrected chi connectivity index (χ3v) is 3.04. The Morgan fingerprint density at radius 2 is 1.93 bits per heavy atom. The molecule has 0 saturated carbocycles. The second-order valence-electron chi connectivity index (χ2n) is 2.85. The molecule has 1 aliphatic heterocycles. The van der Waals surface area contributed by atoms with Gasteiger partial charge in [-0.25, -0.2) is 0 Å². The van der Waals surface area contributed by atoms with E-state index in [0.717, 1.165) is 19.4 Å². The van der Waals surface area contributed by atoms with Crippen LogP contribution in [0.4, 0.5) is 0 Å². The Labute approximate surface area is 95.9 Å². The number of carbonyl (C=O) groups excluding carboxylic acids is 1. The van der Waals surface area contributed by atoms with Crippen molar-refractivity contribution in [2.45, 2.75) is 12.8 Å². The van der Waals surface area contributed by atoms with E-state index in [1.165, 1.54) is 11.3 Å². The molecule has 2 heterocycles. The third kappa shape index (κ3) is 3.69. The predicted molar refractivity (Wildman–Crippen MR) is 61.6 cm³/mol. The Hall–Kier alpha value is -0.530. The van der Waals surface area contributed by atoms with Crippen molar-refractivity contribution in [3.8, 4) is 0 Å². The van der Waals surface area contributed by atoms with Gasteiger partial charge in [0.25, 0.3) is 0 Å². The molecule has 0 aliphatic carbocycles. The van der Waals surface area contributed by atoms with E-state index in [-0.39, 0.29) is 0 Å². The maximum absolute atomic E-state index is 10.5. The quantitative estimate of drug-likeness (QED) is 0.692. The first kappa shape index (κ1) is 11.5. The predicted octanol–water partition coefficient (Wildman–Crippen LogP) is 2.10. The van der Waals surface area contributed by atoms with Crippen LogP contribution in [-0.4, -0.2) is 34.6 Å². The SMILES string of the molecule is CN1CCCC1=O.S=c1[nH][nH]c(=S)s1. The monoisotopic (exact) mass is 249 g/mol. The van der Waals surface area contributed by atoms with Gasteiger partial charge < -0.3 is 4.90 Å². The fourth-order valence-corrected chi connectivity index (χ4v) is 2.15. The van der Waals surface area contributed by atoms with Crippen molar-refractivity contribution < 1.29 is 4.79 Å². The summed E-state index contributed by atoms with van der Waals surface area (Å²) >= 11 is 10.8. The highest BCUT2D eigenvalue weighted by molar-refractivity contribution is 7.75. The molecule has 1 saturated heterocycles. The molecule has 0 unspecified atom stereocenters. The summed E-state index contributed by atoms with van der Waals surface area (Å²) in [4.78, 5) is 12.3. The number of rotatable bonds is 0. The van der Waals surface area contributed by atoms with Crippen LogP contribution < -0.4 is 0 Å². The van der Waals surface area contributed by atoms with Crippen molar-refractivity contribution in [3.63, 3.8) is 0 Å². The van der Waals surface area contributed by atoms with E-state index in [0.29, 0.717) is 13.8 Å². The zero-order valence-electron chi connectivity index (χ0n) is 7.70. The summed E-state index contributed by atoms with van der Waals surface area (Å²) in [6.45, 7) is 0.957. The number of nitrogens with one attached hydrogen (secondary N) is 2. The van der Waals surface area contributed by atoms with Crippen LogP contribution in [0.5, 0.6) is 0 Å². The van der Waals surface area contributed by atoms with Gasteiger partial charge in [0.05, 0.1) is 0 Å². The molecular weight excluding hydrogens is 238 g/mol. The Kier molecular flexibility index (Phi) is 4.43. The second kappa shape index (κ2) is 5.38. The minimum absolute atomic E-state index is 0.292. The molecule has 4 nitrogen and oxygen atoms in total. The summed E-state index contributed by atoms with van der Waals surface area (Å²) in [5.74, 6) is 0.292. The van der Waals surface area contributed by atoms with Crippen LogP contribution in [0.25, 0.3) is 0 Å². The normalized spacial score (nSPS) is 15.2. The van der Waals surface area contributed by atoms with Crippen LogP contribution in [0.3, 0.4) is 0 Å². The van der Waals surface area contributed by atoms with Crippen molar-refractivity contribution in [2.24, 2.45) is 0 Å². The number of H-pyrrole nitrogens is 2. The number of carbonyl (C=O) groups is 1. The Bertz CT molecular complexity index is 380. The van der Waals surface area contributed by atoms with Crippen LogP contribution in [0.2, 0.25) is 0 Å². The molecule has 2 rings (SSSR count). The maximum atomic E-state index is 10.5. The largest absolute Gasteiger partial charge is 0.346 e. The number of nitrogens with zero attached hydrogens (tertiary/aromatic N) is 1. The van der Waals surface area contributed by atoms with Crippen molar-refractivity contribution in [1.82, 2.24) is 15.1 Å². The highest BCUT2D eigenvalue weighted by Gasteiger charge is 2.14. The van der Waals surface area contributed by atoms with Crippen molar-refractivity contribution in [2.75, 3.05) is 13.6 Å². The lowest BCUT2D eigenvalue weighted by atomic mass is 10.4. The van der Waals surface area contributed by atoms with Crippen LogP contribution in [0.1, 0.15) is 12.8 Å². The molecular formula is C7H11N3OS3. The summed E-state index contributed by atoms with van der Waals surface area (Å²) in [5.41, 5.74) is 0. The Morgan fingerprint density at radius 1 is 1.36 bits per heavy atom. The molecule has 1 fully saturated rings. The fourth-order valence-electron chi connectivity index (χ4n) is 1.02. The highest BCUT2D eigenvalue weighted by Crippen LogP contribution is 2.04. The number of likely N-dealkylation sites (tertiary alicyclic amines) is 1. The van der Waals surface area contributed by atoms with Crippen molar-refractivity contribution in [3.05, 3.63) is 7.91 Å². The highest BCUT2D eigenvalue weighted by atomic mass is 32.2. The van der Waals surface area contributed by atoms with E-state index < -0.39 is 0 Å². The molecule has 0 atom stereocenters. The molecule has 78 valence electrons. The van der Waals surface area contributed by atoms with E-state index in [4.69, 9.17) is 24.4 Å².